The second kappa shape index (κ2) is 13.2. The van der Waals surface area contributed by atoms with Gasteiger partial charge in [-0.15, -0.1) is 0 Å². The van der Waals surface area contributed by atoms with Crippen molar-refractivity contribution in [3.8, 4) is 22.4 Å². The highest BCUT2D eigenvalue weighted by Crippen LogP contribution is 2.58. The van der Waals surface area contributed by atoms with Gasteiger partial charge in [-0.2, -0.15) is 0 Å². The summed E-state index contributed by atoms with van der Waals surface area (Å²) >= 11 is 0. The van der Waals surface area contributed by atoms with E-state index in [0.717, 1.165) is 98.2 Å². The van der Waals surface area contributed by atoms with Gasteiger partial charge in [0, 0.05) is 28.1 Å². The monoisotopic (exact) mass is 745 g/mol. The lowest BCUT2D eigenvalue weighted by molar-refractivity contribution is 0.376. The van der Waals surface area contributed by atoms with E-state index in [2.05, 4.69) is 28.7 Å². The molecule has 0 spiro atoms. The molecule has 0 saturated carbocycles. The molecule has 0 saturated heterocycles. The number of aromatic nitrogens is 1. The predicted octanol–water partition coefficient (Wildman–Crippen LogP) is 12.3. The summed E-state index contributed by atoms with van der Waals surface area (Å²) in [5, 5.41) is 0. The minimum absolute atomic E-state index is 0.0487. The molecule has 5 aromatic carbocycles. The first-order chi connectivity index (χ1) is 27.2. The molecule has 56 heavy (non-hydrogen) atoms. The van der Waals surface area contributed by atoms with Crippen molar-refractivity contribution in [1.29, 1.82) is 0 Å². The zero-order valence-corrected chi connectivity index (χ0v) is 31.2. The maximum Gasteiger partial charge on any atom is 0.246 e. The van der Waals surface area contributed by atoms with Crippen LogP contribution in [0.5, 0.6) is 0 Å². The Bertz CT molecular complexity index is 2720. The third-order valence-electron chi connectivity index (χ3n) is 12.3. The maximum absolute atomic E-state index is 16.9. The van der Waals surface area contributed by atoms with Crippen molar-refractivity contribution in [3.63, 3.8) is 0 Å². The van der Waals surface area contributed by atoms with E-state index in [1.165, 1.54) is 11.1 Å². The molecule has 0 unspecified atom stereocenters. The van der Waals surface area contributed by atoms with Crippen molar-refractivity contribution in [1.82, 2.24) is 4.48 Å². The normalized spacial score (nSPS) is 15.9. The number of nitrogens with zero attached hydrogens (tertiary/aromatic N) is 1. The molecule has 0 bridgehead atoms. The number of hydrogen-bond acceptors (Lipinski definition) is 0. The first-order valence-electron chi connectivity index (χ1n) is 19.5. The summed E-state index contributed by atoms with van der Waals surface area (Å²) in [6.07, 6.45) is 5.27. The lowest BCUT2D eigenvalue weighted by Crippen LogP contribution is -2.13. The molecule has 0 N–H and O–H groups in total. The number of aryl methyl sites for hydroxylation is 4. The molecule has 0 radical (unpaired) electrons. The minimum atomic E-state index is -2.16. The maximum atomic E-state index is 16.9. The molecule has 1 aliphatic heterocycles. The van der Waals surface area contributed by atoms with Gasteiger partial charge in [0.15, 0.2) is 23.3 Å². The molecular weight excluding hydrogens is 708 g/mol. The Balaban J connectivity index is 1.46. The van der Waals surface area contributed by atoms with Gasteiger partial charge in [-0.3, -0.25) is 0 Å². The van der Waals surface area contributed by atoms with Crippen LogP contribution in [0.25, 0.3) is 39.1 Å². The van der Waals surface area contributed by atoms with Gasteiger partial charge in [0.25, 0.3) is 0 Å². The Morgan fingerprint density at radius 1 is 0.464 bits per heavy atom. The first-order valence-corrected chi connectivity index (χ1v) is 19.5. The van der Waals surface area contributed by atoms with Crippen LogP contribution in [-0.2, 0) is 19.3 Å². The molecule has 276 valence electrons. The largest absolute Gasteiger partial charge is 0.388 e. The summed E-state index contributed by atoms with van der Waals surface area (Å²) in [6, 6.07) is 32.7. The summed E-state index contributed by atoms with van der Waals surface area (Å²) in [5.41, 5.74) is 14.9. The van der Waals surface area contributed by atoms with E-state index in [0.29, 0.717) is 37.8 Å². The van der Waals surface area contributed by atoms with Gasteiger partial charge in [-0.25, -0.2) is 22.0 Å². The summed E-state index contributed by atoms with van der Waals surface area (Å²) < 4.78 is 82.5. The quantitative estimate of drug-likeness (QED) is 0.0736. The van der Waals surface area contributed by atoms with Crippen molar-refractivity contribution in [2.75, 3.05) is 0 Å². The van der Waals surface area contributed by atoms with Crippen molar-refractivity contribution >= 4 is 24.1 Å². The van der Waals surface area contributed by atoms with Gasteiger partial charge in [0.1, 0.15) is 0 Å². The molecule has 4 aliphatic rings. The van der Waals surface area contributed by atoms with E-state index in [-0.39, 0.29) is 5.57 Å². The zero-order chi connectivity index (χ0) is 38.4. The Kier molecular flexibility index (Phi) is 8.21. The van der Waals surface area contributed by atoms with Gasteiger partial charge in [0.2, 0.25) is 13.2 Å². The summed E-state index contributed by atoms with van der Waals surface area (Å²) in [6.45, 7) is 4.01. The van der Waals surface area contributed by atoms with Crippen LogP contribution >= 0.6 is 0 Å². The van der Waals surface area contributed by atoms with Crippen molar-refractivity contribution in [2.45, 2.75) is 58.7 Å². The van der Waals surface area contributed by atoms with Crippen LogP contribution in [0.1, 0.15) is 69.5 Å². The number of allylic oxidation sites excluding steroid dienone is 5. The van der Waals surface area contributed by atoms with Crippen molar-refractivity contribution in [2.24, 2.45) is 0 Å². The molecule has 0 atom stereocenters. The fourth-order valence-electron chi connectivity index (χ4n) is 9.88. The Hall–Kier alpha value is -5.69. The van der Waals surface area contributed by atoms with Crippen LogP contribution in [0.3, 0.4) is 0 Å². The fourth-order valence-corrected chi connectivity index (χ4v) is 9.88. The van der Waals surface area contributed by atoms with Crippen LogP contribution in [0, 0.1) is 42.9 Å². The molecule has 10 rings (SSSR count). The van der Waals surface area contributed by atoms with E-state index >= 15 is 17.6 Å². The Morgan fingerprint density at radius 2 is 1.02 bits per heavy atom. The van der Waals surface area contributed by atoms with Crippen LogP contribution in [0.2, 0.25) is 6.32 Å². The molecule has 1 aromatic heterocycles. The lowest BCUT2D eigenvalue weighted by atomic mass is 9.78. The van der Waals surface area contributed by atoms with E-state index in [9.17, 15) is 4.39 Å². The highest BCUT2D eigenvalue weighted by atomic mass is 19.2. The topological polar surface area (TPSA) is 4.93 Å². The summed E-state index contributed by atoms with van der Waals surface area (Å²) in [7, 11) is 0.440. The fraction of sp³-hybridized carbons (Fsp3) is 0.184. The number of hydrogen-bond donors (Lipinski definition) is 0. The molecule has 6 aromatic rings. The molecule has 3 aliphatic carbocycles. The zero-order valence-electron chi connectivity index (χ0n) is 31.2. The van der Waals surface area contributed by atoms with Crippen LogP contribution in [0.4, 0.5) is 22.0 Å². The van der Waals surface area contributed by atoms with Gasteiger partial charge >= 0.3 is 0 Å². The Morgan fingerprint density at radius 3 is 1.68 bits per heavy atom. The van der Waals surface area contributed by atoms with Gasteiger partial charge in [-0.1, -0.05) is 108 Å². The van der Waals surface area contributed by atoms with Crippen molar-refractivity contribution in [3.05, 3.63) is 193 Å². The molecule has 0 amide bonds. The Labute approximate surface area is 323 Å². The third kappa shape index (κ3) is 5.12. The van der Waals surface area contributed by atoms with Gasteiger partial charge in [0.05, 0.1) is 5.56 Å². The number of benzene rings is 5. The molecule has 1 nitrogen and oxygen atoms in total. The minimum Gasteiger partial charge on any atom is -0.388 e. The standard InChI is InChI=1S/C49H37BF5N/c1-26-17-21-30(22-18-26)37-34-15-7-11-28-9-3-5-13-32(28)39(34)36-25-50-56-48-33-14-6-4-10-29(33)12-8-16-35(48)38(31-23-19-27(2)20-24-31)49(56)41(40(36)37)42-43(51)45(53)47(55)46(54)44(42)52/h3-6,9-10,13-14,17-24,50H,7-8,11-12,15-16,25H2,1-2H3. The SMILES string of the molecule is Cc1ccc(C2=C3CCCc4ccccc4C3=C3CBn4c(c(-c5ccc(C)cc5)c5c4-c4ccccc4CCC5)C(c4c(F)c(F)c(F)c(F)c4F)=C32)cc1. The highest BCUT2D eigenvalue weighted by molar-refractivity contribution is 6.39. The van der Waals surface area contributed by atoms with E-state index in [4.69, 9.17) is 0 Å². The lowest BCUT2D eigenvalue weighted by Gasteiger charge is -2.22. The van der Waals surface area contributed by atoms with E-state index in [1.54, 1.807) is 0 Å². The molecule has 0 fully saturated rings. The van der Waals surface area contributed by atoms with Crippen LogP contribution < -0.4 is 0 Å². The van der Waals surface area contributed by atoms with E-state index in [1.807, 2.05) is 86.6 Å². The summed E-state index contributed by atoms with van der Waals surface area (Å²) in [5.74, 6) is -9.71. The average Bonchev–Trinajstić information content (AvgIpc) is 3.42. The third-order valence-corrected chi connectivity index (χ3v) is 12.3. The van der Waals surface area contributed by atoms with E-state index < -0.39 is 34.6 Å². The van der Waals surface area contributed by atoms with Gasteiger partial charge in [-0.05, 0) is 120 Å². The van der Waals surface area contributed by atoms with Crippen LogP contribution in [-0.4, -0.2) is 11.9 Å². The second-order valence-electron chi connectivity index (χ2n) is 15.6. The molecule has 2 heterocycles. The molecular formula is C49H37BF5N. The smallest absolute Gasteiger partial charge is 0.246 e. The number of fused-ring (bicyclic) bond motifs is 9. The van der Waals surface area contributed by atoms with Gasteiger partial charge < -0.3 is 4.48 Å². The predicted molar refractivity (Wildman–Crippen MR) is 216 cm³/mol. The number of rotatable bonds is 3. The second-order valence-corrected chi connectivity index (χ2v) is 15.6. The van der Waals surface area contributed by atoms with Crippen LogP contribution in [0.15, 0.2) is 114 Å². The molecule has 7 heteroatoms. The highest BCUT2D eigenvalue weighted by Gasteiger charge is 2.42. The first kappa shape index (κ1) is 34.8. The average molecular weight is 746 g/mol. The number of halogens is 5. The summed E-state index contributed by atoms with van der Waals surface area (Å²) in [4.78, 5) is 0. The van der Waals surface area contributed by atoms with Crippen molar-refractivity contribution < 1.29 is 22.0 Å².